The predicted molar refractivity (Wildman–Crippen MR) is 109 cm³/mol. The van der Waals surface area contributed by atoms with Crippen molar-refractivity contribution in [3.8, 4) is 0 Å². The molecule has 2 aromatic carbocycles. The molecule has 0 radical (unpaired) electrons. The lowest BCUT2D eigenvalue weighted by Crippen LogP contribution is -2.38. The van der Waals surface area contributed by atoms with Gasteiger partial charge in [-0.1, -0.05) is 0 Å². The summed E-state index contributed by atoms with van der Waals surface area (Å²) in [6.45, 7) is -0.128. The zero-order valence-corrected chi connectivity index (χ0v) is 16.9. The van der Waals surface area contributed by atoms with Gasteiger partial charge in [0.2, 0.25) is 10.0 Å². The van der Waals surface area contributed by atoms with Gasteiger partial charge in [0.05, 0.1) is 31.7 Å². The molecule has 0 aliphatic carbocycles. The molecule has 1 N–H and O–H groups in total. The number of benzene rings is 2. The lowest BCUT2D eigenvalue weighted by atomic mass is 10.1. The van der Waals surface area contributed by atoms with Crippen molar-refractivity contribution in [2.45, 2.75) is 19.2 Å². The second kappa shape index (κ2) is 7.82. The van der Waals surface area contributed by atoms with E-state index in [1.165, 1.54) is 30.5 Å². The molecule has 4 rings (SSSR count). The third-order valence-electron chi connectivity index (χ3n) is 4.98. The second-order valence-electron chi connectivity index (χ2n) is 7.22. The van der Waals surface area contributed by atoms with Crippen molar-refractivity contribution in [1.82, 2.24) is 8.87 Å². The standard InChI is InChI=1S/C21H20F2N2O4S/c1-30(27,28)24(13-17-3-2-8-29-17)11-16(26)12-25-20-6-4-14(22)9-18(20)19-10-15(23)5-7-21(19)25/h2-10,16,26H,11-13H2,1H3. The Bertz CT molecular complexity index is 1240. The van der Waals surface area contributed by atoms with Gasteiger partial charge in [0.25, 0.3) is 0 Å². The average molecular weight is 434 g/mol. The highest BCUT2D eigenvalue weighted by atomic mass is 32.2. The normalized spacial score (nSPS) is 13.5. The molecule has 0 saturated carbocycles. The predicted octanol–water partition coefficient (Wildman–Crippen LogP) is 3.49. The van der Waals surface area contributed by atoms with E-state index in [0.29, 0.717) is 27.6 Å². The molecule has 0 saturated heterocycles. The SMILES string of the molecule is CS(=O)(=O)N(Cc1ccco1)CC(O)Cn1c2ccc(F)cc2c2cc(F)ccc21. The van der Waals surface area contributed by atoms with Crippen LogP contribution in [0, 0.1) is 11.6 Å². The van der Waals surface area contributed by atoms with Crippen LogP contribution < -0.4 is 0 Å². The van der Waals surface area contributed by atoms with Crippen LogP contribution in [0.25, 0.3) is 21.8 Å². The smallest absolute Gasteiger partial charge is 0.211 e. The summed E-state index contributed by atoms with van der Waals surface area (Å²) in [6.07, 6.45) is 1.45. The van der Waals surface area contributed by atoms with Crippen molar-refractivity contribution in [2.24, 2.45) is 0 Å². The fourth-order valence-electron chi connectivity index (χ4n) is 3.64. The highest BCUT2D eigenvalue weighted by molar-refractivity contribution is 7.88. The summed E-state index contributed by atoms with van der Waals surface area (Å²) in [4.78, 5) is 0. The Kier molecular flexibility index (Phi) is 5.35. The molecule has 2 aromatic heterocycles. The van der Waals surface area contributed by atoms with Gasteiger partial charge in [0.1, 0.15) is 17.4 Å². The molecular weight excluding hydrogens is 414 g/mol. The first-order valence-electron chi connectivity index (χ1n) is 9.25. The topological polar surface area (TPSA) is 75.7 Å². The number of halogens is 2. The molecule has 158 valence electrons. The highest BCUT2D eigenvalue weighted by Gasteiger charge is 2.23. The molecule has 4 aromatic rings. The number of hydrogen-bond acceptors (Lipinski definition) is 4. The number of aromatic nitrogens is 1. The van der Waals surface area contributed by atoms with Gasteiger partial charge in [-0.2, -0.15) is 4.31 Å². The maximum Gasteiger partial charge on any atom is 0.211 e. The monoisotopic (exact) mass is 434 g/mol. The molecule has 2 heterocycles. The first-order chi connectivity index (χ1) is 14.2. The van der Waals surface area contributed by atoms with E-state index < -0.39 is 27.8 Å². The zero-order valence-electron chi connectivity index (χ0n) is 16.1. The summed E-state index contributed by atoms with van der Waals surface area (Å²) < 4.78 is 60.0. The Morgan fingerprint density at radius 3 is 2.17 bits per heavy atom. The maximum atomic E-state index is 13.8. The molecule has 0 bridgehead atoms. The Labute approximate surface area is 172 Å². The van der Waals surface area contributed by atoms with Gasteiger partial charge in [-0.05, 0) is 48.5 Å². The molecule has 0 spiro atoms. The second-order valence-corrected chi connectivity index (χ2v) is 9.20. The number of sulfonamides is 1. The summed E-state index contributed by atoms with van der Waals surface area (Å²) in [5.74, 6) is -0.448. The molecule has 1 unspecified atom stereocenters. The summed E-state index contributed by atoms with van der Waals surface area (Å²) in [7, 11) is -3.61. The summed E-state index contributed by atoms with van der Waals surface area (Å²) in [5.41, 5.74) is 1.24. The van der Waals surface area contributed by atoms with Gasteiger partial charge in [0, 0.05) is 28.4 Å². The van der Waals surface area contributed by atoms with Crippen molar-refractivity contribution in [1.29, 1.82) is 0 Å². The van der Waals surface area contributed by atoms with E-state index in [0.717, 1.165) is 10.6 Å². The largest absolute Gasteiger partial charge is 0.468 e. The zero-order chi connectivity index (χ0) is 21.5. The summed E-state index contributed by atoms with van der Waals surface area (Å²) in [6, 6.07) is 11.7. The average Bonchev–Trinajstić information content (AvgIpc) is 3.27. The van der Waals surface area contributed by atoms with Crippen LogP contribution in [0.5, 0.6) is 0 Å². The molecule has 6 nitrogen and oxygen atoms in total. The lowest BCUT2D eigenvalue weighted by Gasteiger charge is -2.23. The Balaban J connectivity index is 1.67. The van der Waals surface area contributed by atoms with Crippen LogP contribution in [0.3, 0.4) is 0 Å². The Hall–Kier alpha value is -2.75. The molecule has 0 aliphatic heterocycles. The molecule has 0 fully saturated rings. The summed E-state index contributed by atoms with van der Waals surface area (Å²) in [5, 5.41) is 11.7. The molecular formula is C21H20F2N2O4S. The first kappa shape index (κ1) is 20.5. The van der Waals surface area contributed by atoms with Gasteiger partial charge in [-0.15, -0.1) is 0 Å². The van der Waals surface area contributed by atoms with E-state index in [-0.39, 0.29) is 19.6 Å². The maximum absolute atomic E-state index is 13.8. The van der Waals surface area contributed by atoms with E-state index in [1.54, 1.807) is 28.8 Å². The first-order valence-corrected chi connectivity index (χ1v) is 11.1. The van der Waals surface area contributed by atoms with Crippen molar-refractivity contribution < 1.29 is 26.7 Å². The van der Waals surface area contributed by atoms with E-state index in [2.05, 4.69) is 0 Å². The van der Waals surface area contributed by atoms with E-state index in [9.17, 15) is 22.3 Å². The highest BCUT2D eigenvalue weighted by Crippen LogP contribution is 2.30. The number of aliphatic hydroxyl groups is 1. The Morgan fingerprint density at radius 2 is 1.67 bits per heavy atom. The van der Waals surface area contributed by atoms with Crippen LogP contribution in [0.1, 0.15) is 5.76 Å². The lowest BCUT2D eigenvalue weighted by molar-refractivity contribution is 0.127. The minimum absolute atomic E-state index is 0.00745. The van der Waals surface area contributed by atoms with Crippen LogP contribution >= 0.6 is 0 Å². The van der Waals surface area contributed by atoms with Crippen LogP contribution in [-0.4, -0.2) is 41.3 Å². The quantitative estimate of drug-likeness (QED) is 0.483. The number of nitrogens with zero attached hydrogens (tertiary/aromatic N) is 2. The third kappa shape index (κ3) is 4.09. The number of aliphatic hydroxyl groups excluding tert-OH is 1. The number of furan rings is 1. The van der Waals surface area contributed by atoms with Crippen LogP contribution in [0.15, 0.2) is 59.2 Å². The van der Waals surface area contributed by atoms with Gasteiger partial charge >= 0.3 is 0 Å². The van der Waals surface area contributed by atoms with Crippen molar-refractivity contribution in [3.63, 3.8) is 0 Å². The van der Waals surface area contributed by atoms with Crippen LogP contribution in [0.4, 0.5) is 8.78 Å². The number of fused-ring (bicyclic) bond motifs is 3. The fourth-order valence-corrected chi connectivity index (χ4v) is 4.45. The minimum atomic E-state index is -3.61. The van der Waals surface area contributed by atoms with Gasteiger partial charge in [0.15, 0.2) is 0 Å². The number of hydrogen-bond donors (Lipinski definition) is 1. The van der Waals surface area contributed by atoms with Crippen molar-refractivity contribution in [2.75, 3.05) is 12.8 Å². The van der Waals surface area contributed by atoms with E-state index in [1.807, 2.05) is 0 Å². The molecule has 0 aliphatic rings. The van der Waals surface area contributed by atoms with Gasteiger partial charge in [-0.25, -0.2) is 17.2 Å². The van der Waals surface area contributed by atoms with Crippen molar-refractivity contribution >= 4 is 31.8 Å². The van der Waals surface area contributed by atoms with E-state index >= 15 is 0 Å². The number of rotatable bonds is 7. The fraction of sp³-hybridized carbons (Fsp3) is 0.238. The van der Waals surface area contributed by atoms with Gasteiger partial charge < -0.3 is 14.1 Å². The molecule has 0 amide bonds. The summed E-state index contributed by atoms with van der Waals surface area (Å²) >= 11 is 0. The van der Waals surface area contributed by atoms with Gasteiger partial charge in [-0.3, -0.25) is 0 Å². The van der Waals surface area contributed by atoms with Crippen LogP contribution in [-0.2, 0) is 23.1 Å². The third-order valence-corrected chi connectivity index (χ3v) is 6.19. The Morgan fingerprint density at radius 1 is 1.07 bits per heavy atom. The van der Waals surface area contributed by atoms with E-state index in [4.69, 9.17) is 4.42 Å². The van der Waals surface area contributed by atoms with Crippen LogP contribution in [0.2, 0.25) is 0 Å². The van der Waals surface area contributed by atoms with Crippen molar-refractivity contribution in [3.05, 3.63) is 72.2 Å². The molecule has 30 heavy (non-hydrogen) atoms. The molecule has 9 heteroatoms. The minimum Gasteiger partial charge on any atom is -0.468 e. The molecule has 1 atom stereocenters.